The topological polar surface area (TPSA) is 34.0 Å². The number of rotatable bonds is 5. The van der Waals surface area contributed by atoms with Gasteiger partial charge in [-0.25, -0.2) is 0 Å². The van der Waals surface area contributed by atoms with Gasteiger partial charge in [-0.3, -0.25) is 9.67 Å². The van der Waals surface area contributed by atoms with Crippen LogP contribution in [0.5, 0.6) is 0 Å². The average Bonchev–Trinajstić information content (AvgIpc) is 2.99. The molecule has 1 aromatic carbocycles. The molecule has 0 fully saturated rings. The van der Waals surface area contributed by atoms with E-state index < -0.39 is 0 Å². The molecule has 22 heavy (non-hydrogen) atoms. The summed E-state index contributed by atoms with van der Waals surface area (Å²) in [6, 6.07) is 14.4. The Morgan fingerprint density at radius 3 is 2.36 bits per heavy atom. The lowest BCUT2D eigenvalue weighted by Crippen LogP contribution is -2.18. The molecular weight excluding hydrogens is 272 g/mol. The van der Waals surface area contributed by atoms with Gasteiger partial charge >= 0.3 is 0 Å². The summed E-state index contributed by atoms with van der Waals surface area (Å²) in [5, 5.41) is 4.79. The molecule has 0 aliphatic rings. The monoisotopic (exact) mass is 292 g/mol. The summed E-state index contributed by atoms with van der Waals surface area (Å²) >= 11 is 0. The van der Waals surface area contributed by atoms with E-state index in [0.29, 0.717) is 0 Å². The number of benzene rings is 1. The van der Waals surface area contributed by atoms with Crippen molar-refractivity contribution in [2.45, 2.75) is 6.54 Å². The van der Waals surface area contributed by atoms with Gasteiger partial charge in [0.15, 0.2) is 0 Å². The van der Waals surface area contributed by atoms with Gasteiger partial charge in [-0.15, -0.1) is 0 Å². The van der Waals surface area contributed by atoms with Crippen molar-refractivity contribution in [3.63, 3.8) is 0 Å². The molecular formula is C18H20N4. The number of hydrogen-bond acceptors (Lipinski definition) is 3. The molecule has 0 saturated carbocycles. The van der Waals surface area contributed by atoms with Gasteiger partial charge in [0.2, 0.25) is 0 Å². The second kappa shape index (κ2) is 6.54. The highest BCUT2D eigenvalue weighted by Gasteiger charge is 2.12. The Balaban J connectivity index is 2.03. The fourth-order valence-electron chi connectivity index (χ4n) is 2.39. The van der Waals surface area contributed by atoms with E-state index in [2.05, 4.69) is 54.4 Å². The molecule has 3 aromatic rings. The third kappa shape index (κ3) is 3.23. The van der Waals surface area contributed by atoms with E-state index in [-0.39, 0.29) is 0 Å². The van der Waals surface area contributed by atoms with Gasteiger partial charge in [0.05, 0.1) is 6.54 Å². The standard InChI is InChI=1S/C18H20N4/c1-21(2)12-13-22-14-17(15-6-4-3-5-7-15)18(20-22)16-8-10-19-11-9-16/h3-11,14H,12-13H2,1-2H3. The van der Waals surface area contributed by atoms with E-state index in [1.54, 1.807) is 0 Å². The highest BCUT2D eigenvalue weighted by atomic mass is 15.3. The van der Waals surface area contributed by atoms with Crippen LogP contribution in [-0.2, 0) is 6.54 Å². The predicted octanol–water partition coefficient (Wildman–Crippen LogP) is 3.17. The smallest absolute Gasteiger partial charge is 0.100 e. The molecule has 112 valence electrons. The van der Waals surface area contributed by atoms with Gasteiger partial charge < -0.3 is 4.90 Å². The highest BCUT2D eigenvalue weighted by Crippen LogP contribution is 2.30. The first-order valence-electron chi connectivity index (χ1n) is 7.42. The van der Waals surface area contributed by atoms with E-state index in [1.165, 1.54) is 5.56 Å². The van der Waals surface area contributed by atoms with Crippen LogP contribution in [0.1, 0.15) is 0 Å². The first kappa shape index (κ1) is 14.5. The molecule has 0 amide bonds. The molecule has 0 aliphatic heterocycles. The molecule has 4 nitrogen and oxygen atoms in total. The maximum atomic E-state index is 4.79. The number of likely N-dealkylation sites (N-methyl/N-ethyl adjacent to an activating group) is 1. The Labute approximate surface area is 131 Å². The fourth-order valence-corrected chi connectivity index (χ4v) is 2.39. The van der Waals surface area contributed by atoms with E-state index in [0.717, 1.165) is 29.9 Å². The summed E-state index contributed by atoms with van der Waals surface area (Å²) < 4.78 is 2.03. The quantitative estimate of drug-likeness (QED) is 0.724. The molecule has 0 bridgehead atoms. The molecule has 0 spiro atoms. The van der Waals surface area contributed by atoms with Gasteiger partial charge in [0, 0.05) is 36.3 Å². The molecule has 0 aliphatic carbocycles. The number of pyridine rings is 1. The van der Waals surface area contributed by atoms with Crippen LogP contribution in [0.3, 0.4) is 0 Å². The zero-order chi connectivity index (χ0) is 15.4. The molecule has 0 unspecified atom stereocenters. The van der Waals surface area contributed by atoms with Crippen molar-refractivity contribution >= 4 is 0 Å². The van der Waals surface area contributed by atoms with Crippen LogP contribution in [0.2, 0.25) is 0 Å². The Hall–Kier alpha value is -2.46. The zero-order valence-electron chi connectivity index (χ0n) is 13.0. The normalized spacial score (nSPS) is 11.0. The number of hydrogen-bond donors (Lipinski definition) is 0. The minimum atomic E-state index is 0.873. The van der Waals surface area contributed by atoms with Gasteiger partial charge in [0.25, 0.3) is 0 Å². The van der Waals surface area contributed by atoms with Crippen molar-refractivity contribution in [2.75, 3.05) is 20.6 Å². The van der Waals surface area contributed by atoms with Crippen molar-refractivity contribution < 1.29 is 0 Å². The van der Waals surface area contributed by atoms with Crippen LogP contribution >= 0.6 is 0 Å². The molecule has 3 rings (SSSR count). The maximum Gasteiger partial charge on any atom is 0.100 e. The largest absolute Gasteiger partial charge is 0.308 e. The Kier molecular flexibility index (Phi) is 4.30. The SMILES string of the molecule is CN(C)CCn1cc(-c2ccccc2)c(-c2ccncc2)n1. The summed E-state index contributed by atoms with van der Waals surface area (Å²) in [5.74, 6) is 0. The summed E-state index contributed by atoms with van der Waals surface area (Å²) in [7, 11) is 4.15. The minimum absolute atomic E-state index is 0.873. The summed E-state index contributed by atoms with van der Waals surface area (Å²) in [6.07, 6.45) is 5.75. The summed E-state index contributed by atoms with van der Waals surface area (Å²) in [4.78, 5) is 6.26. The lowest BCUT2D eigenvalue weighted by molar-refractivity contribution is 0.373. The number of nitrogens with zero attached hydrogens (tertiary/aromatic N) is 4. The molecule has 0 radical (unpaired) electrons. The fraction of sp³-hybridized carbons (Fsp3) is 0.222. The molecule has 0 N–H and O–H groups in total. The lowest BCUT2D eigenvalue weighted by Gasteiger charge is -2.08. The molecule has 0 atom stereocenters. The van der Waals surface area contributed by atoms with Crippen LogP contribution in [0.15, 0.2) is 61.1 Å². The molecule has 0 saturated heterocycles. The predicted molar refractivity (Wildman–Crippen MR) is 89.4 cm³/mol. The van der Waals surface area contributed by atoms with Crippen LogP contribution < -0.4 is 0 Å². The summed E-state index contributed by atoms with van der Waals surface area (Å²) in [6.45, 7) is 1.84. The minimum Gasteiger partial charge on any atom is -0.308 e. The van der Waals surface area contributed by atoms with Gasteiger partial charge in [0.1, 0.15) is 5.69 Å². The van der Waals surface area contributed by atoms with E-state index in [1.807, 2.05) is 35.3 Å². The van der Waals surface area contributed by atoms with E-state index in [4.69, 9.17) is 5.10 Å². The third-order valence-corrected chi connectivity index (χ3v) is 3.58. The van der Waals surface area contributed by atoms with E-state index >= 15 is 0 Å². The Bertz CT molecular complexity index is 660. The van der Waals surface area contributed by atoms with Gasteiger partial charge in [-0.05, 0) is 31.8 Å². The highest BCUT2D eigenvalue weighted by molar-refractivity contribution is 5.80. The average molecular weight is 292 g/mol. The molecule has 4 heteroatoms. The van der Waals surface area contributed by atoms with Crippen molar-refractivity contribution in [2.24, 2.45) is 0 Å². The zero-order valence-corrected chi connectivity index (χ0v) is 13.0. The van der Waals surface area contributed by atoms with Crippen LogP contribution in [0, 0.1) is 0 Å². The Morgan fingerprint density at radius 2 is 1.68 bits per heavy atom. The van der Waals surface area contributed by atoms with Crippen LogP contribution in [0.25, 0.3) is 22.4 Å². The number of aromatic nitrogens is 3. The first-order chi connectivity index (χ1) is 10.7. The lowest BCUT2D eigenvalue weighted by atomic mass is 10.0. The van der Waals surface area contributed by atoms with Crippen LogP contribution in [-0.4, -0.2) is 40.3 Å². The first-order valence-corrected chi connectivity index (χ1v) is 7.42. The summed E-state index contributed by atoms with van der Waals surface area (Å²) in [5.41, 5.74) is 4.45. The van der Waals surface area contributed by atoms with Crippen molar-refractivity contribution in [1.29, 1.82) is 0 Å². The Morgan fingerprint density at radius 1 is 0.955 bits per heavy atom. The van der Waals surface area contributed by atoms with Gasteiger partial charge in [-0.2, -0.15) is 5.10 Å². The van der Waals surface area contributed by atoms with Gasteiger partial charge in [-0.1, -0.05) is 30.3 Å². The molecule has 2 aromatic heterocycles. The van der Waals surface area contributed by atoms with Crippen LogP contribution in [0.4, 0.5) is 0 Å². The van der Waals surface area contributed by atoms with Crippen molar-refractivity contribution in [3.8, 4) is 22.4 Å². The maximum absolute atomic E-state index is 4.79. The van der Waals surface area contributed by atoms with E-state index in [9.17, 15) is 0 Å². The van der Waals surface area contributed by atoms with Crippen molar-refractivity contribution in [3.05, 3.63) is 61.1 Å². The second-order valence-electron chi connectivity index (χ2n) is 5.56. The molecule has 2 heterocycles. The third-order valence-electron chi connectivity index (χ3n) is 3.58. The van der Waals surface area contributed by atoms with Crippen molar-refractivity contribution in [1.82, 2.24) is 19.7 Å². The second-order valence-corrected chi connectivity index (χ2v) is 5.56.